The normalized spacial score (nSPS) is 14.5. The molecule has 1 saturated heterocycles. The Hall–Kier alpha value is -2.75. The Morgan fingerprint density at radius 1 is 1.09 bits per heavy atom. The summed E-state index contributed by atoms with van der Waals surface area (Å²) in [6.45, 7) is 8.01. The number of Topliss-reactive ketones (excluding diaryl/α,β-unsaturated/α-hetero) is 1. The van der Waals surface area contributed by atoms with Gasteiger partial charge in [-0.1, -0.05) is 13.8 Å². The van der Waals surface area contributed by atoms with Gasteiger partial charge in [-0.05, 0) is 50.6 Å². The van der Waals surface area contributed by atoms with E-state index in [1.165, 1.54) is 12.8 Å². The number of hydrogen-bond donors (Lipinski definition) is 3. The minimum Gasteiger partial charge on any atom is -0.490 e. The molecule has 0 radical (unpaired) electrons. The zero-order valence-corrected chi connectivity index (χ0v) is 19.4. The van der Waals surface area contributed by atoms with Gasteiger partial charge in [-0.3, -0.25) is 4.79 Å². The summed E-state index contributed by atoms with van der Waals surface area (Å²) >= 11 is 0. The number of ketones is 1. The standard InChI is InChI=1S/C20H31NO4.C4H4O4/c1-3-11-24-14-17-12-16(19(23)4-2)7-8-20(17)25-15-18(22)13-21-9-5-6-10-21;5-3(6)1-2-4(7)8/h7-8,12,18,22H,3-6,9-11,13-15H2,1-2H3;1-2H,(H,5,6)(H,7,8)/b;2-1+. The van der Waals surface area contributed by atoms with Crippen molar-refractivity contribution in [1.82, 2.24) is 4.90 Å². The Morgan fingerprint density at radius 3 is 2.27 bits per heavy atom. The summed E-state index contributed by atoms with van der Waals surface area (Å²) in [5, 5.41) is 25.8. The first kappa shape index (κ1) is 28.3. The van der Waals surface area contributed by atoms with Crippen molar-refractivity contribution < 1.29 is 39.2 Å². The molecule has 33 heavy (non-hydrogen) atoms. The average Bonchev–Trinajstić information content (AvgIpc) is 3.29. The zero-order chi connectivity index (χ0) is 24.6. The first-order valence-electron chi connectivity index (χ1n) is 11.2. The van der Waals surface area contributed by atoms with Crippen LogP contribution in [0.3, 0.4) is 0 Å². The Bertz CT molecular complexity index is 771. The van der Waals surface area contributed by atoms with Crippen molar-refractivity contribution in [1.29, 1.82) is 0 Å². The number of carboxylic acid groups (broad SMARTS) is 2. The highest BCUT2D eigenvalue weighted by Crippen LogP contribution is 2.23. The molecule has 3 N–H and O–H groups in total. The third-order valence-corrected chi connectivity index (χ3v) is 4.78. The molecule has 1 aliphatic rings. The van der Waals surface area contributed by atoms with Crippen LogP contribution in [0.5, 0.6) is 5.75 Å². The summed E-state index contributed by atoms with van der Waals surface area (Å²) in [6, 6.07) is 5.46. The number of carbonyl (C=O) groups is 3. The minimum absolute atomic E-state index is 0.109. The number of hydrogen-bond acceptors (Lipinski definition) is 7. The van der Waals surface area contributed by atoms with Gasteiger partial charge in [0.15, 0.2) is 5.78 Å². The maximum Gasteiger partial charge on any atom is 0.328 e. The number of ether oxygens (including phenoxy) is 2. The number of aliphatic carboxylic acids is 2. The third-order valence-electron chi connectivity index (χ3n) is 4.78. The molecule has 1 aliphatic heterocycles. The number of rotatable bonds is 13. The second-order valence-electron chi connectivity index (χ2n) is 7.63. The first-order chi connectivity index (χ1) is 15.8. The summed E-state index contributed by atoms with van der Waals surface area (Å²) in [4.78, 5) is 33.3. The number of β-amino-alcohol motifs (C(OH)–C–C–N with tert-alkyl or cyclic N) is 1. The Labute approximate surface area is 194 Å². The second kappa shape index (κ2) is 16.0. The van der Waals surface area contributed by atoms with Gasteiger partial charge in [-0.25, -0.2) is 9.59 Å². The number of aliphatic hydroxyl groups excluding tert-OH is 1. The number of benzene rings is 1. The molecule has 1 aromatic rings. The molecule has 0 aliphatic carbocycles. The lowest BCUT2D eigenvalue weighted by molar-refractivity contribution is -0.134. The van der Waals surface area contributed by atoms with Crippen molar-refractivity contribution >= 4 is 17.7 Å². The molecule has 1 aromatic carbocycles. The molecule has 1 fully saturated rings. The van der Waals surface area contributed by atoms with E-state index in [0.717, 1.165) is 25.1 Å². The largest absolute Gasteiger partial charge is 0.490 e. The molecular weight excluding hydrogens is 430 g/mol. The fraction of sp³-hybridized carbons (Fsp3) is 0.542. The number of likely N-dealkylation sites (tertiary alicyclic amines) is 1. The van der Waals surface area contributed by atoms with E-state index in [2.05, 4.69) is 11.8 Å². The Kier molecular flexibility index (Phi) is 13.7. The van der Waals surface area contributed by atoms with Crippen LogP contribution in [0.2, 0.25) is 0 Å². The first-order valence-corrected chi connectivity index (χ1v) is 11.2. The third kappa shape index (κ3) is 12.2. The van der Waals surface area contributed by atoms with Gasteiger partial charge in [0.25, 0.3) is 0 Å². The summed E-state index contributed by atoms with van der Waals surface area (Å²) in [6.07, 6.45) is 4.44. The molecule has 0 amide bonds. The number of aliphatic hydroxyl groups is 1. The summed E-state index contributed by atoms with van der Waals surface area (Å²) in [5.41, 5.74) is 1.55. The molecule has 1 heterocycles. The fourth-order valence-corrected chi connectivity index (χ4v) is 3.18. The maximum atomic E-state index is 11.9. The van der Waals surface area contributed by atoms with Crippen molar-refractivity contribution in [2.24, 2.45) is 0 Å². The van der Waals surface area contributed by atoms with Gasteiger partial charge in [0.05, 0.1) is 6.61 Å². The lowest BCUT2D eigenvalue weighted by Gasteiger charge is -2.20. The molecule has 9 heteroatoms. The molecule has 0 aromatic heterocycles. The van der Waals surface area contributed by atoms with Gasteiger partial charge in [0.1, 0.15) is 18.5 Å². The fourth-order valence-electron chi connectivity index (χ4n) is 3.18. The highest BCUT2D eigenvalue weighted by atomic mass is 16.5. The van der Waals surface area contributed by atoms with Crippen LogP contribution < -0.4 is 4.74 Å². The summed E-state index contributed by atoms with van der Waals surface area (Å²) in [5.74, 6) is -1.72. The van der Waals surface area contributed by atoms with Gasteiger partial charge >= 0.3 is 11.9 Å². The highest BCUT2D eigenvalue weighted by molar-refractivity contribution is 5.96. The Morgan fingerprint density at radius 2 is 1.73 bits per heavy atom. The van der Waals surface area contributed by atoms with E-state index in [-0.39, 0.29) is 12.4 Å². The maximum absolute atomic E-state index is 11.9. The van der Waals surface area contributed by atoms with Gasteiger partial charge < -0.3 is 29.7 Å². The van der Waals surface area contributed by atoms with Crippen LogP contribution in [0.1, 0.15) is 55.5 Å². The quantitative estimate of drug-likeness (QED) is 0.228. The van der Waals surface area contributed by atoms with E-state index in [0.29, 0.717) is 49.6 Å². The van der Waals surface area contributed by atoms with E-state index in [1.54, 1.807) is 6.07 Å². The van der Waals surface area contributed by atoms with Crippen molar-refractivity contribution in [3.8, 4) is 5.75 Å². The summed E-state index contributed by atoms with van der Waals surface area (Å²) < 4.78 is 11.5. The number of nitrogens with zero attached hydrogens (tertiary/aromatic N) is 1. The lowest BCUT2D eigenvalue weighted by Crippen LogP contribution is -2.33. The van der Waals surface area contributed by atoms with Crippen LogP contribution in [-0.2, 0) is 20.9 Å². The molecule has 0 spiro atoms. The predicted molar refractivity (Wildman–Crippen MR) is 123 cm³/mol. The summed E-state index contributed by atoms with van der Waals surface area (Å²) in [7, 11) is 0. The Balaban J connectivity index is 0.000000582. The van der Waals surface area contributed by atoms with Crippen LogP contribution in [0.25, 0.3) is 0 Å². The van der Waals surface area contributed by atoms with E-state index >= 15 is 0 Å². The molecule has 9 nitrogen and oxygen atoms in total. The average molecular weight is 466 g/mol. The van der Waals surface area contributed by atoms with Crippen LogP contribution in [0.15, 0.2) is 30.4 Å². The molecule has 0 bridgehead atoms. The molecular formula is C24H35NO8. The van der Waals surface area contributed by atoms with Gasteiger partial charge in [0, 0.05) is 42.9 Å². The van der Waals surface area contributed by atoms with Crippen LogP contribution in [0.4, 0.5) is 0 Å². The topological polar surface area (TPSA) is 134 Å². The lowest BCUT2D eigenvalue weighted by atomic mass is 10.1. The van der Waals surface area contributed by atoms with Crippen molar-refractivity contribution in [3.05, 3.63) is 41.5 Å². The highest BCUT2D eigenvalue weighted by Gasteiger charge is 2.17. The molecule has 2 rings (SSSR count). The van der Waals surface area contributed by atoms with Crippen LogP contribution in [-0.4, -0.2) is 76.9 Å². The number of carboxylic acids is 2. The molecule has 184 valence electrons. The predicted octanol–water partition coefficient (Wildman–Crippen LogP) is 2.75. The SMILES string of the molecule is CCCOCc1cc(C(=O)CC)ccc1OCC(O)CN1CCCC1.O=C(O)/C=C/C(=O)O. The molecule has 1 atom stereocenters. The van der Waals surface area contributed by atoms with E-state index in [1.807, 2.05) is 19.1 Å². The van der Waals surface area contributed by atoms with Crippen molar-refractivity contribution in [2.45, 2.75) is 52.2 Å². The van der Waals surface area contributed by atoms with Crippen LogP contribution in [0, 0.1) is 0 Å². The second-order valence-corrected chi connectivity index (χ2v) is 7.63. The monoisotopic (exact) mass is 465 g/mol. The van der Waals surface area contributed by atoms with Gasteiger partial charge in [-0.2, -0.15) is 0 Å². The molecule has 1 unspecified atom stereocenters. The molecule has 0 saturated carbocycles. The smallest absolute Gasteiger partial charge is 0.328 e. The number of carbonyl (C=O) groups excluding carboxylic acids is 1. The van der Waals surface area contributed by atoms with E-state index < -0.39 is 18.0 Å². The van der Waals surface area contributed by atoms with Crippen molar-refractivity contribution in [3.63, 3.8) is 0 Å². The van der Waals surface area contributed by atoms with Crippen molar-refractivity contribution in [2.75, 3.05) is 32.8 Å². The van der Waals surface area contributed by atoms with E-state index in [4.69, 9.17) is 19.7 Å². The van der Waals surface area contributed by atoms with Gasteiger partial charge in [-0.15, -0.1) is 0 Å². The van der Waals surface area contributed by atoms with Crippen LogP contribution >= 0.6 is 0 Å². The minimum atomic E-state index is -1.26. The van der Waals surface area contributed by atoms with E-state index in [9.17, 15) is 19.5 Å². The van der Waals surface area contributed by atoms with Gasteiger partial charge in [0.2, 0.25) is 0 Å². The zero-order valence-electron chi connectivity index (χ0n) is 19.4.